The van der Waals surface area contributed by atoms with Crippen LogP contribution in [0.25, 0.3) is 11.0 Å². The fourth-order valence-electron chi connectivity index (χ4n) is 2.01. The molecule has 2 aromatic rings. The van der Waals surface area contributed by atoms with Crippen molar-refractivity contribution in [3.05, 3.63) is 29.6 Å². The third kappa shape index (κ3) is 3.33. The molecule has 2 rings (SSSR count). The van der Waals surface area contributed by atoms with Crippen LogP contribution in [-0.2, 0) is 12.8 Å². The Labute approximate surface area is 109 Å². The fraction of sp³-hybridized carbons (Fsp3) is 0.533. The van der Waals surface area contributed by atoms with E-state index in [-0.39, 0.29) is 5.54 Å². The van der Waals surface area contributed by atoms with Crippen molar-refractivity contribution in [2.45, 2.75) is 46.1 Å². The molecule has 0 saturated heterocycles. The van der Waals surface area contributed by atoms with Gasteiger partial charge in [-0.25, -0.2) is 4.98 Å². The van der Waals surface area contributed by atoms with Gasteiger partial charge in [0.2, 0.25) is 0 Å². The Morgan fingerprint density at radius 3 is 2.72 bits per heavy atom. The van der Waals surface area contributed by atoms with Crippen molar-refractivity contribution >= 4 is 11.0 Å². The lowest BCUT2D eigenvalue weighted by molar-refractivity contribution is 0.429. The molecule has 1 aromatic carbocycles. The minimum absolute atomic E-state index is 0.188. The van der Waals surface area contributed by atoms with E-state index >= 15 is 0 Å². The second kappa shape index (κ2) is 5.11. The van der Waals surface area contributed by atoms with E-state index in [1.165, 1.54) is 5.56 Å². The molecule has 0 radical (unpaired) electrons. The average Bonchev–Trinajstić information content (AvgIpc) is 2.69. The van der Waals surface area contributed by atoms with Gasteiger partial charge in [0.05, 0.1) is 11.0 Å². The van der Waals surface area contributed by atoms with Crippen LogP contribution in [-0.4, -0.2) is 22.1 Å². The minimum atomic E-state index is 0.188. The lowest BCUT2D eigenvalue weighted by Gasteiger charge is -2.20. The summed E-state index contributed by atoms with van der Waals surface area (Å²) in [4.78, 5) is 7.88. The summed E-state index contributed by atoms with van der Waals surface area (Å²) in [5, 5.41) is 3.51. The molecular weight excluding hydrogens is 222 g/mol. The first-order valence-electron chi connectivity index (χ1n) is 6.70. The van der Waals surface area contributed by atoms with Gasteiger partial charge in [-0.1, -0.05) is 13.0 Å². The van der Waals surface area contributed by atoms with Crippen LogP contribution in [0.1, 0.15) is 39.1 Å². The molecule has 0 fully saturated rings. The van der Waals surface area contributed by atoms with E-state index in [4.69, 9.17) is 0 Å². The number of nitrogens with zero attached hydrogens (tertiary/aromatic N) is 1. The molecule has 0 spiro atoms. The minimum Gasteiger partial charge on any atom is -0.342 e. The normalized spacial score (nSPS) is 12.2. The van der Waals surface area contributed by atoms with Gasteiger partial charge in [0, 0.05) is 12.0 Å². The highest BCUT2D eigenvalue weighted by molar-refractivity contribution is 5.75. The van der Waals surface area contributed by atoms with E-state index in [9.17, 15) is 0 Å². The number of nitrogens with one attached hydrogen (secondary N) is 2. The maximum absolute atomic E-state index is 4.52. The summed E-state index contributed by atoms with van der Waals surface area (Å²) in [5.41, 5.74) is 3.76. The molecule has 2 N–H and O–H groups in total. The molecule has 0 bridgehead atoms. The van der Waals surface area contributed by atoms with E-state index in [0.29, 0.717) is 0 Å². The van der Waals surface area contributed by atoms with Gasteiger partial charge in [-0.3, -0.25) is 0 Å². The summed E-state index contributed by atoms with van der Waals surface area (Å²) in [6.07, 6.45) is 2.00. The van der Waals surface area contributed by atoms with Crippen molar-refractivity contribution in [2.24, 2.45) is 0 Å². The van der Waals surface area contributed by atoms with Crippen molar-refractivity contribution < 1.29 is 0 Å². The Kier molecular flexibility index (Phi) is 3.71. The van der Waals surface area contributed by atoms with Crippen molar-refractivity contribution in [1.29, 1.82) is 0 Å². The van der Waals surface area contributed by atoms with Crippen LogP contribution in [0.4, 0.5) is 0 Å². The number of aromatic nitrogens is 2. The van der Waals surface area contributed by atoms with Gasteiger partial charge in [0.15, 0.2) is 0 Å². The van der Waals surface area contributed by atoms with Gasteiger partial charge in [0.25, 0.3) is 0 Å². The lowest BCUT2D eigenvalue weighted by Crippen LogP contribution is -2.37. The van der Waals surface area contributed by atoms with Crippen LogP contribution in [0.3, 0.4) is 0 Å². The quantitative estimate of drug-likeness (QED) is 0.869. The highest BCUT2D eigenvalue weighted by Crippen LogP contribution is 2.14. The van der Waals surface area contributed by atoms with E-state index in [1.807, 2.05) is 0 Å². The van der Waals surface area contributed by atoms with E-state index in [2.05, 4.69) is 61.2 Å². The summed E-state index contributed by atoms with van der Waals surface area (Å²) in [6, 6.07) is 6.50. The zero-order valence-electron chi connectivity index (χ0n) is 11.8. The van der Waals surface area contributed by atoms with E-state index < -0.39 is 0 Å². The molecule has 0 unspecified atom stereocenters. The van der Waals surface area contributed by atoms with Crippen LogP contribution >= 0.6 is 0 Å². The van der Waals surface area contributed by atoms with Gasteiger partial charge in [-0.15, -0.1) is 0 Å². The highest BCUT2D eigenvalue weighted by atomic mass is 14.9. The fourth-order valence-corrected chi connectivity index (χ4v) is 2.01. The van der Waals surface area contributed by atoms with E-state index in [1.54, 1.807) is 0 Å². The Balaban J connectivity index is 2.05. The summed E-state index contributed by atoms with van der Waals surface area (Å²) < 4.78 is 0. The van der Waals surface area contributed by atoms with Crippen LogP contribution < -0.4 is 5.32 Å². The summed E-state index contributed by atoms with van der Waals surface area (Å²) >= 11 is 0. The summed E-state index contributed by atoms with van der Waals surface area (Å²) in [7, 11) is 0. The molecule has 0 aliphatic heterocycles. The predicted octanol–water partition coefficient (Wildman–Crippen LogP) is 3.06. The van der Waals surface area contributed by atoms with Crippen LogP contribution in [0.2, 0.25) is 0 Å². The van der Waals surface area contributed by atoms with Gasteiger partial charge in [-0.2, -0.15) is 0 Å². The van der Waals surface area contributed by atoms with Crippen molar-refractivity contribution in [3.63, 3.8) is 0 Å². The zero-order chi connectivity index (χ0) is 13.2. The van der Waals surface area contributed by atoms with Crippen molar-refractivity contribution in [2.75, 3.05) is 6.54 Å². The second-order valence-corrected chi connectivity index (χ2v) is 5.82. The Morgan fingerprint density at radius 1 is 1.28 bits per heavy atom. The molecular formula is C15H23N3. The molecule has 1 heterocycles. The third-order valence-corrected chi connectivity index (χ3v) is 3.00. The van der Waals surface area contributed by atoms with Crippen LogP contribution in [0.15, 0.2) is 18.2 Å². The predicted molar refractivity (Wildman–Crippen MR) is 76.9 cm³/mol. The second-order valence-electron chi connectivity index (χ2n) is 5.82. The number of imidazole rings is 1. The van der Waals surface area contributed by atoms with Gasteiger partial charge >= 0.3 is 0 Å². The number of rotatable bonds is 4. The monoisotopic (exact) mass is 245 g/mol. The average molecular weight is 245 g/mol. The summed E-state index contributed by atoms with van der Waals surface area (Å²) in [5.74, 6) is 1.06. The Bertz CT molecular complexity index is 520. The van der Waals surface area contributed by atoms with Crippen LogP contribution in [0.5, 0.6) is 0 Å². The first-order chi connectivity index (χ1) is 8.48. The standard InChI is InChI=1S/C15H23N3/c1-5-14-17-12-7-6-11(10-13(12)18-14)8-9-16-15(2,3)4/h6-7,10,16H,5,8-9H2,1-4H3,(H,17,18). The molecule has 98 valence electrons. The third-order valence-electron chi connectivity index (χ3n) is 3.00. The zero-order valence-corrected chi connectivity index (χ0v) is 11.8. The number of fused-ring (bicyclic) bond motifs is 1. The lowest BCUT2D eigenvalue weighted by atomic mass is 10.1. The molecule has 18 heavy (non-hydrogen) atoms. The maximum atomic E-state index is 4.52. The molecule has 1 aromatic heterocycles. The van der Waals surface area contributed by atoms with Crippen molar-refractivity contribution in [3.8, 4) is 0 Å². The molecule has 3 nitrogen and oxygen atoms in total. The Morgan fingerprint density at radius 2 is 2.06 bits per heavy atom. The summed E-state index contributed by atoms with van der Waals surface area (Å²) in [6.45, 7) is 9.70. The van der Waals surface area contributed by atoms with E-state index in [0.717, 1.165) is 36.2 Å². The molecule has 0 saturated carbocycles. The van der Waals surface area contributed by atoms with Gasteiger partial charge in [-0.05, 0) is 51.4 Å². The molecule has 0 aliphatic carbocycles. The number of hydrogen-bond donors (Lipinski definition) is 2. The largest absolute Gasteiger partial charge is 0.342 e. The number of aromatic amines is 1. The van der Waals surface area contributed by atoms with Gasteiger partial charge in [0.1, 0.15) is 5.82 Å². The first kappa shape index (κ1) is 13.1. The SMILES string of the molecule is CCc1nc2ccc(CCNC(C)(C)C)cc2[nH]1. The number of benzene rings is 1. The van der Waals surface area contributed by atoms with Crippen molar-refractivity contribution in [1.82, 2.24) is 15.3 Å². The molecule has 3 heteroatoms. The molecule has 0 amide bonds. The van der Waals surface area contributed by atoms with Gasteiger partial charge < -0.3 is 10.3 Å². The first-order valence-corrected chi connectivity index (χ1v) is 6.70. The molecule has 0 atom stereocenters. The number of H-pyrrole nitrogens is 1. The number of hydrogen-bond acceptors (Lipinski definition) is 2. The highest BCUT2D eigenvalue weighted by Gasteiger charge is 2.08. The maximum Gasteiger partial charge on any atom is 0.106 e. The topological polar surface area (TPSA) is 40.7 Å². The smallest absolute Gasteiger partial charge is 0.106 e. The Hall–Kier alpha value is -1.35. The number of aryl methyl sites for hydroxylation is 1. The van der Waals surface area contributed by atoms with Crippen LogP contribution in [0, 0.1) is 0 Å². The molecule has 0 aliphatic rings.